The number of rotatable bonds is 3. The van der Waals surface area contributed by atoms with Crippen molar-refractivity contribution in [3.63, 3.8) is 0 Å². The van der Waals surface area contributed by atoms with Gasteiger partial charge in [0.1, 0.15) is 5.75 Å². The van der Waals surface area contributed by atoms with Crippen LogP contribution in [-0.2, 0) is 5.41 Å². The number of phenols is 1. The molecule has 5 nitrogen and oxygen atoms in total. The van der Waals surface area contributed by atoms with E-state index >= 15 is 0 Å². The third kappa shape index (κ3) is 2.78. The minimum atomic E-state index is -0.157. The fourth-order valence-corrected chi connectivity index (χ4v) is 2.89. The molecule has 5 heteroatoms. The highest BCUT2D eigenvalue weighted by atomic mass is 16.5. The lowest BCUT2D eigenvalue weighted by Gasteiger charge is -2.34. The van der Waals surface area contributed by atoms with E-state index in [0.29, 0.717) is 17.6 Å². The normalized spacial score (nSPS) is 19.6. The fraction of sp³-hybridized carbons (Fsp3) is 0.500. The maximum absolute atomic E-state index is 9.55. The molecule has 1 aromatic heterocycles. The monoisotopic (exact) mass is 287 g/mol. The van der Waals surface area contributed by atoms with Crippen molar-refractivity contribution in [2.75, 3.05) is 13.1 Å². The Bertz CT molecular complexity index is 615. The van der Waals surface area contributed by atoms with E-state index in [4.69, 9.17) is 4.52 Å². The van der Waals surface area contributed by atoms with E-state index in [-0.39, 0.29) is 11.2 Å². The Morgan fingerprint density at radius 3 is 2.95 bits per heavy atom. The first-order valence-electron chi connectivity index (χ1n) is 7.41. The number of aromatic nitrogens is 2. The van der Waals surface area contributed by atoms with Crippen LogP contribution in [0.25, 0.3) is 11.4 Å². The van der Waals surface area contributed by atoms with Crippen LogP contribution in [0.4, 0.5) is 0 Å². The van der Waals surface area contributed by atoms with Crippen LogP contribution >= 0.6 is 0 Å². The Morgan fingerprint density at radius 1 is 1.38 bits per heavy atom. The molecule has 0 saturated carbocycles. The molecular weight excluding hydrogens is 266 g/mol. The summed E-state index contributed by atoms with van der Waals surface area (Å²) in [5.74, 6) is 1.88. The largest absolute Gasteiger partial charge is 0.508 e. The lowest BCUT2D eigenvalue weighted by molar-refractivity contribution is 0.196. The van der Waals surface area contributed by atoms with Crippen LogP contribution in [-0.4, -0.2) is 28.3 Å². The summed E-state index contributed by atoms with van der Waals surface area (Å²) in [6.07, 6.45) is 2.35. The first-order valence-corrected chi connectivity index (χ1v) is 7.41. The maximum atomic E-state index is 9.55. The lowest BCUT2D eigenvalue weighted by atomic mass is 9.75. The molecule has 1 fully saturated rings. The number of phenolic OH excluding ortho intramolecular Hbond substituents is 1. The molecule has 1 aromatic carbocycles. The van der Waals surface area contributed by atoms with Gasteiger partial charge < -0.3 is 14.9 Å². The minimum Gasteiger partial charge on any atom is -0.508 e. The average Bonchev–Trinajstić information content (AvgIpc) is 2.99. The lowest BCUT2D eigenvalue weighted by Crippen LogP contribution is -2.40. The predicted octanol–water partition coefficient (Wildman–Crippen LogP) is 2.72. The molecule has 0 spiro atoms. The third-order valence-corrected chi connectivity index (χ3v) is 4.40. The van der Waals surface area contributed by atoms with E-state index in [1.54, 1.807) is 18.2 Å². The quantitative estimate of drug-likeness (QED) is 0.908. The van der Waals surface area contributed by atoms with Crippen molar-refractivity contribution >= 4 is 0 Å². The first-order chi connectivity index (χ1) is 10.1. The molecule has 2 N–H and O–H groups in total. The predicted molar refractivity (Wildman–Crippen MR) is 80.0 cm³/mol. The van der Waals surface area contributed by atoms with Gasteiger partial charge in [-0.1, -0.05) is 31.1 Å². The molecule has 0 aliphatic carbocycles. The van der Waals surface area contributed by atoms with Gasteiger partial charge in [-0.2, -0.15) is 4.98 Å². The second kappa shape index (κ2) is 5.48. The van der Waals surface area contributed by atoms with Crippen molar-refractivity contribution in [3.05, 3.63) is 30.2 Å². The van der Waals surface area contributed by atoms with E-state index < -0.39 is 0 Å². The molecule has 112 valence electrons. The molecule has 3 rings (SSSR count). The summed E-state index contributed by atoms with van der Waals surface area (Å²) >= 11 is 0. The number of aromatic hydroxyl groups is 1. The number of hydrogen-bond acceptors (Lipinski definition) is 5. The highest BCUT2D eigenvalue weighted by molar-refractivity contribution is 5.56. The van der Waals surface area contributed by atoms with E-state index in [1.165, 1.54) is 12.8 Å². The Labute approximate surface area is 124 Å². The van der Waals surface area contributed by atoms with Crippen LogP contribution in [0.2, 0.25) is 0 Å². The zero-order chi connectivity index (χ0) is 14.9. The molecule has 1 aliphatic heterocycles. The standard InChI is InChI=1S/C16H21N3O2/c1-16(2,12-6-4-8-17-10-12)15-18-14(19-21-15)11-5-3-7-13(20)9-11/h3,5,7,9,12,17,20H,4,6,8,10H2,1-2H3. The number of nitrogens with zero attached hydrogens (tertiary/aromatic N) is 2. The first kappa shape index (κ1) is 14.1. The highest BCUT2D eigenvalue weighted by Gasteiger charge is 2.37. The van der Waals surface area contributed by atoms with Crippen molar-refractivity contribution in [2.24, 2.45) is 5.92 Å². The number of nitrogens with one attached hydrogen (secondary N) is 1. The fourth-order valence-electron chi connectivity index (χ4n) is 2.89. The van der Waals surface area contributed by atoms with E-state index in [9.17, 15) is 5.11 Å². The molecule has 2 heterocycles. The zero-order valence-electron chi connectivity index (χ0n) is 12.5. The van der Waals surface area contributed by atoms with Gasteiger partial charge in [-0.15, -0.1) is 0 Å². The molecule has 1 aliphatic rings. The number of hydrogen-bond donors (Lipinski definition) is 2. The van der Waals surface area contributed by atoms with Gasteiger partial charge in [-0.3, -0.25) is 0 Å². The Morgan fingerprint density at radius 2 is 2.24 bits per heavy atom. The Hall–Kier alpha value is -1.88. The topological polar surface area (TPSA) is 71.2 Å². The highest BCUT2D eigenvalue weighted by Crippen LogP contribution is 2.35. The summed E-state index contributed by atoms with van der Waals surface area (Å²) in [6.45, 7) is 6.39. The SMILES string of the molecule is CC(C)(c1nc(-c2cccc(O)c2)no1)C1CCCNC1. The van der Waals surface area contributed by atoms with Crippen molar-refractivity contribution in [1.82, 2.24) is 15.5 Å². The summed E-state index contributed by atoms with van der Waals surface area (Å²) in [5, 5.41) is 17.1. The van der Waals surface area contributed by atoms with E-state index in [2.05, 4.69) is 29.3 Å². The number of benzene rings is 1. The average molecular weight is 287 g/mol. The van der Waals surface area contributed by atoms with Crippen LogP contribution < -0.4 is 5.32 Å². The summed E-state index contributed by atoms with van der Waals surface area (Å²) in [5.41, 5.74) is 0.609. The van der Waals surface area contributed by atoms with Crippen LogP contribution in [0.3, 0.4) is 0 Å². The zero-order valence-corrected chi connectivity index (χ0v) is 12.5. The van der Waals surface area contributed by atoms with Gasteiger partial charge in [-0.25, -0.2) is 0 Å². The van der Waals surface area contributed by atoms with E-state index in [0.717, 1.165) is 18.7 Å². The van der Waals surface area contributed by atoms with Crippen molar-refractivity contribution in [3.8, 4) is 17.1 Å². The minimum absolute atomic E-state index is 0.157. The summed E-state index contributed by atoms with van der Waals surface area (Å²) < 4.78 is 5.51. The molecule has 1 atom stereocenters. The van der Waals surface area contributed by atoms with E-state index in [1.807, 2.05) is 6.07 Å². The van der Waals surface area contributed by atoms with Gasteiger partial charge in [0.2, 0.25) is 11.7 Å². The third-order valence-electron chi connectivity index (χ3n) is 4.40. The molecule has 1 unspecified atom stereocenters. The molecule has 0 bridgehead atoms. The molecule has 0 amide bonds. The Balaban J connectivity index is 1.86. The van der Waals surface area contributed by atoms with Gasteiger partial charge in [-0.05, 0) is 44.0 Å². The molecule has 21 heavy (non-hydrogen) atoms. The smallest absolute Gasteiger partial charge is 0.232 e. The number of piperidine rings is 1. The van der Waals surface area contributed by atoms with Crippen LogP contribution in [0, 0.1) is 5.92 Å². The Kier molecular flexibility index (Phi) is 3.68. The summed E-state index contributed by atoms with van der Waals surface area (Å²) in [4.78, 5) is 4.55. The van der Waals surface area contributed by atoms with Crippen LogP contribution in [0.15, 0.2) is 28.8 Å². The summed E-state index contributed by atoms with van der Waals surface area (Å²) in [7, 11) is 0. The van der Waals surface area contributed by atoms with Gasteiger partial charge in [0, 0.05) is 11.0 Å². The molecule has 0 radical (unpaired) electrons. The molecule has 1 saturated heterocycles. The van der Waals surface area contributed by atoms with Crippen molar-refractivity contribution in [2.45, 2.75) is 32.1 Å². The van der Waals surface area contributed by atoms with Gasteiger partial charge in [0.25, 0.3) is 0 Å². The summed E-state index contributed by atoms with van der Waals surface area (Å²) in [6, 6.07) is 6.91. The van der Waals surface area contributed by atoms with Crippen molar-refractivity contribution < 1.29 is 9.63 Å². The maximum Gasteiger partial charge on any atom is 0.232 e. The van der Waals surface area contributed by atoms with Crippen molar-refractivity contribution in [1.29, 1.82) is 0 Å². The van der Waals surface area contributed by atoms with Crippen LogP contribution in [0.1, 0.15) is 32.6 Å². The molecular formula is C16H21N3O2. The molecule has 2 aromatic rings. The second-order valence-electron chi connectivity index (χ2n) is 6.24. The second-order valence-corrected chi connectivity index (χ2v) is 6.24. The van der Waals surface area contributed by atoms with Gasteiger partial charge in [0.05, 0.1) is 0 Å². The van der Waals surface area contributed by atoms with Gasteiger partial charge >= 0.3 is 0 Å². The van der Waals surface area contributed by atoms with Crippen LogP contribution in [0.5, 0.6) is 5.75 Å². The van der Waals surface area contributed by atoms with Gasteiger partial charge in [0.15, 0.2) is 0 Å².